The van der Waals surface area contributed by atoms with Crippen LogP contribution in [0.2, 0.25) is 58.9 Å². The van der Waals surface area contributed by atoms with Gasteiger partial charge in [0.05, 0.1) is 13.2 Å². The molecule has 0 fully saturated rings. The van der Waals surface area contributed by atoms with Gasteiger partial charge in [0.1, 0.15) is 0 Å². The first-order chi connectivity index (χ1) is 11.2. The summed E-state index contributed by atoms with van der Waals surface area (Å²) in [5.41, 5.74) is 4.32. The van der Waals surface area contributed by atoms with Gasteiger partial charge in [-0.3, -0.25) is 4.90 Å². The fourth-order valence-corrected chi connectivity index (χ4v) is 16.6. The van der Waals surface area contributed by atoms with Crippen LogP contribution in [-0.4, -0.2) is 76.2 Å². The van der Waals surface area contributed by atoms with Gasteiger partial charge < -0.3 is 9.47 Å². The monoisotopic (exact) mass is 409 g/mol. The van der Waals surface area contributed by atoms with Gasteiger partial charge >= 0.3 is 18.9 Å². The van der Waals surface area contributed by atoms with Gasteiger partial charge in [0.25, 0.3) is 0 Å². The van der Waals surface area contributed by atoms with Crippen LogP contribution < -0.4 is 18.9 Å². The molecule has 0 saturated carbocycles. The van der Waals surface area contributed by atoms with E-state index in [2.05, 4.69) is 69.5 Å². The van der Waals surface area contributed by atoms with Crippen molar-refractivity contribution < 1.29 is 28.3 Å². The second-order valence-electron chi connectivity index (χ2n) is 10.2. The SMILES string of the molecule is COCCN(CCOC)C/C(=C\[Si](C)(C)C)[C-]([Si](C)(C)C)[Si](C)(C)C.[Li+]. The number of hydrogen-bond donors (Lipinski definition) is 0. The molecule has 0 rings (SSSR count). The van der Waals surface area contributed by atoms with E-state index in [0.29, 0.717) is 0 Å². The summed E-state index contributed by atoms with van der Waals surface area (Å²) in [6.07, 6.45) is 0. The molecule has 0 heterocycles. The molecule has 0 atom stereocenters. The predicted octanol–water partition coefficient (Wildman–Crippen LogP) is 1.72. The molecule has 0 aliphatic rings. The first-order valence-corrected chi connectivity index (χ1v) is 20.1. The maximum absolute atomic E-state index is 5.35. The van der Waals surface area contributed by atoms with E-state index in [-0.39, 0.29) is 18.9 Å². The first kappa shape index (κ1) is 28.9. The van der Waals surface area contributed by atoms with Crippen molar-refractivity contribution in [1.82, 2.24) is 4.90 Å². The Bertz CT molecular complexity index is 390. The van der Waals surface area contributed by atoms with Gasteiger partial charge in [0, 0.05) is 27.3 Å². The summed E-state index contributed by atoms with van der Waals surface area (Å²) < 4.78 is 10.7. The number of ether oxygens (including phenoxy) is 2. The van der Waals surface area contributed by atoms with Crippen LogP contribution in [0.5, 0.6) is 0 Å². The zero-order chi connectivity index (χ0) is 19.9. The van der Waals surface area contributed by atoms with Gasteiger partial charge in [0.2, 0.25) is 0 Å². The van der Waals surface area contributed by atoms with Gasteiger partial charge in [-0.15, -0.1) is 0 Å². The summed E-state index contributed by atoms with van der Waals surface area (Å²) >= 11 is 0. The Labute approximate surface area is 179 Å². The van der Waals surface area contributed by atoms with Crippen LogP contribution in [0.25, 0.3) is 0 Å². The van der Waals surface area contributed by atoms with Gasteiger partial charge in [-0.2, -0.15) is 0 Å². The van der Waals surface area contributed by atoms with E-state index in [1.165, 1.54) is 0 Å². The van der Waals surface area contributed by atoms with E-state index in [1.807, 2.05) is 5.16 Å². The van der Waals surface area contributed by atoms with Crippen LogP contribution in [0.4, 0.5) is 0 Å². The Kier molecular flexibility index (Phi) is 13.7. The fourth-order valence-electron chi connectivity index (χ4n) is 3.76. The van der Waals surface area contributed by atoms with Crippen LogP contribution in [0.3, 0.4) is 0 Å². The Morgan fingerprint density at radius 1 is 0.808 bits per heavy atom. The predicted molar refractivity (Wildman–Crippen MR) is 122 cm³/mol. The fraction of sp³-hybridized carbons (Fsp3) is 0.842. The largest absolute Gasteiger partial charge is 1.00 e. The second kappa shape index (κ2) is 12.3. The quantitative estimate of drug-likeness (QED) is 0.362. The summed E-state index contributed by atoms with van der Waals surface area (Å²) in [6, 6.07) is 0. The van der Waals surface area contributed by atoms with E-state index in [9.17, 15) is 0 Å². The molecule has 0 aromatic rings. The third kappa shape index (κ3) is 12.2. The molecule has 0 aliphatic heterocycles. The smallest absolute Gasteiger partial charge is 0.383 e. The molecule has 7 heteroatoms. The second-order valence-corrected chi connectivity index (χ2v) is 25.7. The normalized spacial score (nSPS) is 13.8. The topological polar surface area (TPSA) is 21.7 Å². The molecule has 0 spiro atoms. The van der Waals surface area contributed by atoms with Gasteiger partial charge in [0.15, 0.2) is 0 Å². The van der Waals surface area contributed by atoms with Crippen molar-refractivity contribution >= 4 is 24.2 Å². The van der Waals surface area contributed by atoms with Crippen LogP contribution in [-0.2, 0) is 9.47 Å². The van der Waals surface area contributed by atoms with E-state index in [0.717, 1.165) is 32.8 Å². The van der Waals surface area contributed by atoms with Crippen molar-refractivity contribution in [3.05, 3.63) is 16.4 Å². The average molecular weight is 410 g/mol. The molecular formula is C19H44LiNO2Si3. The van der Waals surface area contributed by atoms with Crippen LogP contribution in [0.1, 0.15) is 0 Å². The Morgan fingerprint density at radius 3 is 1.46 bits per heavy atom. The molecule has 0 bridgehead atoms. The molecule has 26 heavy (non-hydrogen) atoms. The number of nitrogens with zero attached hydrogens (tertiary/aromatic N) is 1. The van der Waals surface area contributed by atoms with Crippen molar-refractivity contribution in [3.63, 3.8) is 0 Å². The minimum absolute atomic E-state index is 0. The summed E-state index contributed by atoms with van der Waals surface area (Å²) in [4.78, 5) is 2.51. The average Bonchev–Trinajstić information content (AvgIpc) is 2.36. The van der Waals surface area contributed by atoms with E-state index < -0.39 is 24.2 Å². The Morgan fingerprint density at radius 2 is 1.19 bits per heavy atom. The summed E-state index contributed by atoms with van der Waals surface area (Å²) in [7, 11) is -0.466. The maximum Gasteiger partial charge on any atom is 1.00 e. The van der Waals surface area contributed by atoms with Crippen LogP contribution >= 0.6 is 0 Å². The van der Waals surface area contributed by atoms with Crippen molar-refractivity contribution in [1.29, 1.82) is 0 Å². The first-order valence-electron chi connectivity index (χ1n) is 9.52. The van der Waals surface area contributed by atoms with Crippen LogP contribution in [0, 0.1) is 5.16 Å². The van der Waals surface area contributed by atoms with E-state index in [1.54, 1.807) is 19.8 Å². The third-order valence-electron chi connectivity index (χ3n) is 4.05. The Balaban J connectivity index is 0. The van der Waals surface area contributed by atoms with Crippen molar-refractivity contribution in [2.24, 2.45) is 0 Å². The van der Waals surface area contributed by atoms with Crippen molar-refractivity contribution in [3.8, 4) is 0 Å². The van der Waals surface area contributed by atoms with Gasteiger partial charge in [-0.1, -0.05) is 58.9 Å². The standard InChI is InChI=1S/C19H44NO2Si3.Li/c1-21-14-12-20(13-15-22-2)16-18(17-23(3,4)5)19(24(6,7)8)25(9,10)11;/h17H,12-16H2,1-11H3;/q-1;+1/b18-17+;. The number of hydrogen-bond acceptors (Lipinski definition) is 3. The molecule has 0 N–H and O–H groups in total. The molecule has 0 aliphatic carbocycles. The molecule has 0 unspecified atom stereocenters. The minimum Gasteiger partial charge on any atom is -0.383 e. The molecule has 150 valence electrons. The van der Waals surface area contributed by atoms with Crippen molar-refractivity contribution in [2.75, 3.05) is 47.1 Å². The van der Waals surface area contributed by atoms with E-state index in [4.69, 9.17) is 9.47 Å². The number of rotatable bonds is 12. The Hall–Kier alpha value is 0.738. The maximum atomic E-state index is 5.35. The molecule has 0 radical (unpaired) electrons. The summed E-state index contributed by atoms with van der Waals surface area (Å²) in [6.45, 7) is 27.0. The third-order valence-corrected chi connectivity index (χ3v) is 13.4. The molecule has 0 saturated heterocycles. The minimum atomic E-state index is -1.37. The molecule has 0 aromatic carbocycles. The van der Waals surface area contributed by atoms with Crippen molar-refractivity contribution in [2.45, 2.75) is 58.9 Å². The molecular weight excluding hydrogens is 365 g/mol. The van der Waals surface area contributed by atoms with Gasteiger partial charge in [-0.05, 0) is 30.8 Å². The zero-order valence-corrected chi connectivity index (χ0v) is 22.9. The number of methoxy groups -OCH3 is 2. The summed E-state index contributed by atoms with van der Waals surface area (Å²) in [5, 5.41) is 1.85. The molecule has 0 aromatic heterocycles. The molecule has 0 amide bonds. The molecule has 3 nitrogen and oxygen atoms in total. The van der Waals surface area contributed by atoms with Crippen LogP contribution in [0.15, 0.2) is 11.3 Å². The van der Waals surface area contributed by atoms with E-state index >= 15 is 0 Å². The summed E-state index contributed by atoms with van der Waals surface area (Å²) in [5.74, 6) is 0. The van der Waals surface area contributed by atoms with Gasteiger partial charge in [-0.25, -0.2) is 16.4 Å². The zero-order valence-electron chi connectivity index (χ0n) is 19.9.